The van der Waals surface area contributed by atoms with Crippen LogP contribution in [0.15, 0.2) is 41.7 Å². The molecule has 176 valence electrons. The fourth-order valence-electron chi connectivity index (χ4n) is 3.62. The van der Waals surface area contributed by atoms with Gasteiger partial charge >= 0.3 is 0 Å². The van der Waals surface area contributed by atoms with E-state index >= 15 is 0 Å². The van der Waals surface area contributed by atoms with Crippen LogP contribution in [0.3, 0.4) is 0 Å². The Hall–Kier alpha value is -2.14. The molecule has 0 aliphatic carbocycles. The second-order valence-electron chi connectivity index (χ2n) is 7.40. The summed E-state index contributed by atoms with van der Waals surface area (Å²) in [6, 6.07) is 6.07. The number of likely N-dealkylation sites (tertiary alicyclic amines) is 1. The minimum absolute atomic E-state index is 0.623. The van der Waals surface area contributed by atoms with Gasteiger partial charge < -0.3 is 25.4 Å². The summed E-state index contributed by atoms with van der Waals surface area (Å²) in [6.07, 6.45) is 10.4. The normalized spacial score (nSPS) is 15.1. The van der Waals surface area contributed by atoms with Crippen LogP contribution in [0.2, 0.25) is 0 Å². The Morgan fingerprint density at radius 2 is 1.74 bits per heavy atom. The van der Waals surface area contributed by atoms with Gasteiger partial charge in [0.1, 0.15) is 0 Å². The molecule has 0 radical (unpaired) electrons. The highest BCUT2D eigenvalue weighted by molar-refractivity contribution is 5.46. The van der Waals surface area contributed by atoms with Gasteiger partial charge in [-0.3, -0.25) is 0 Å². The fourth-order valence-corrected chi connectivity index (χ4v) is 3.62. The van der Waals surface area contributed by atoms with Gasteiger partial charge in [-0.05, 0) is 52.2 Å². The zero-order chi connectivity index (χ0) is 22.9. The van der Waals surface area contributed by atoms with E-state index in [0.29, 0.717) is 13.2 Å². The SMILES string of the molecule is C/C=C(\C/C=C(\N)N1CCCCCC1)CNCc1cccc(OCC)c1OCC.CC. The highest BCUT2D eigenvalue weighted by atomic mass is 16.5. The second-order valence-corrected chi connectivity index (χ2v) is 7.40. The maximum Gasteiger partial charge on any atom is 0.165 e. The molecule has 1 saturated heterocycles. The van der Waals surface area contributed by atoms with E-state index in [-0.39, 0.29) is 0 Å². The molecule has 1 fully saturated rings. The summed E-state index contributed by atoms with van der Waals surface area (Å²) in [6.45, 7) is 15.1. The van der Waals surface area contributed by atoms with E-state index < -0.39 is 0 Å². The third-order valence-electron chi connectivity index (χ3n) is 5.27. The largest absolute Gasteiger partial charge is 0.490 e. The van der Waals surface area contributed by atoms with Crippen molar-refractivity contribution in [1.82, 2.24) is 10.2 Å². The van der Waals surface area contributed by atoms with Crippen LogP contribution >= 0.6 is 0 Å². The maximum atomic E-state index is 6.35. The van der Waals surface area contributed by atoms with Crippen LogP contribution in [0, 0.1) is 0 Å². The Labute approximate surface area is 190 Å². The number of hydrogen-bond donors (Lipinski definition) is 2. The molecule has 2 rings (SSSR count). The Kier molecular flexibility index (Phi) is 14.3. The first-order valence-corrected chi connectivity index (χ1v) is 12.1. The van der Waals surface area contributed by atoms with Gasteiger partial charge in [-0.15, -0.1) is 0 Å². The second kappa shape index (κ2) is 16.5. The Morgan fingerprint density at radius 3 is 2.35 bits per heavy atom. The molecule has 1 aromatic rings. The van der Waals surface area contributed by atoms with Crippen molar-refractivity contribution in [2.45, 2.75) is 73.3 Å². The van der Waals surface area contributed by atoms with E-state index in [4.69, 9.17) is 15.2 Å². The maximum absolute atomic E-state index is 6.35. The molecule has 3 N–H and O–H groups in total. The molecule has 0 aromatic heterocycles. The lowest BCUT2D eigenvalue weighted by Gasteiger charge is -2.22. The molecule has 0 atom stereocenters. The van der Waals surface area contributed by atoms with Crippen molar-refractivity contribution < 1.29 is 9.47 Å². The van der Waals surface area contributed by atoms with E-state index in [0.717, 1.165) is 55.5 Å². The summed E-state index contributed by atoms with van der Waals surface area (Å²) >= 11 is 0. The van der Waals surface area contributed by atoms with Crippen molar-refractivity contribution in [3.8, 4) is 11.5 Å². The summed E-state index contributed by atoms with van der Waals surface area (Å²) < 4.78 is 11.6. The summed E-state index contributed by atoms with van der Waals surface area (Å²) in [4.78, 5) is 2.33. The quantitative estimate of drug-likeness (QED) is 0.446. The number of rotatable bonds is 11. The Bertz CT molecular complexity index is 663. The van der Waals surface area contributed by atoms with E-state index in [1.807, 2.05) is 39.8 Å². The van der Waals surface area contributed by atoms with E-state index in [1.165, 1.54) is 31.3 Å². The lowest BCUT2D eigenvalue weighted by Crippen LogP contribution is -2.28. The average molecular weight is 432 g/mol. The number of ether oxygens (including phenoxy) is 2. The van der Waals surface area contributed by atoms with Gasteiger partial charge in [-0.2, -0.15) is 0 Å². The first-order chi connectivity index (χ1) is 15.2. The lowest BCUT2D eigenvalue weighted by molar-refractivity contribution is 0.285. The molecule has 1 aliphatic heterocycles. The zero-order valence-electron chi connectivity index (χ0n) is 20.5. The molecule has 1 aromatic carbocycles. The van der Waals surface area contributed by atoms with Crippen LogP contribution in [0.25, 0.3) is 0 Å². The molecule has 0 bridgehead atoms. The highest BCUT2D eigenvalue weighted by Gasteiger charge is 2.11. The first kappa shape index (κ1) is 26.9. The average Bonchev–Trinajstić information content (AvgIpc) is 3.09. The van der Waals surface area contributed by atoms with Gasteiger partial charge in [0, 0.05) is 31.7 Å². The molecule has 0 amide bonds. The minimum Gasteiger partial charge on any atom is -0.490 e. The van der Waals surface area contributed by atoms with Crippen molar-refractivity contribution >= 4 is 0 Å². The third kappa shape index (κ3) is 9.69. The van der Waals surface area contributed by atoms with Crippen molar-refractivity contribution in [2.24, 2.45) is 5.73 Å². The smallest absolute Gasteiger partial charge is 0.165 e. The molecule has 0 unspecified atom stereocenters. The number of nitrogens with zero attached hydrogens (tertiary/aromatic N) is 1. The number of allylic oxidation sites excluding steroid dienone is 2. The molecule has 0 spiro atoms. The van der Waals surface area contributed by atoms with Crippen LogP contribution in [0.4, 0.5) is 0 Å². The molecule has 31 heavy (non-hydrogen) atoms. The Morgan fingerprint density at radius 1 is 1.06 bits per heavy atom. The van der Waals surface area contributed by atoms with Crippen molar-refractivity contribution in [2.75, 3.05) is 32.8 Å². The number of nitrogens with two attached hydrogens (primary N) is 1. The predicted octanol–water partition coefficient (Wildman–Crippen LogP) is 5.61. The highest BCUT2D eigenvalue weighted by Crippen LogP contribution is 2.31. The molecule has 1 aliphatic rings. The third-order valence-corrected chi connectivity index (χ3v) is 5.27. The van der Waals surface area contributed by atoms with Crippen LogP contribution in [0.1, 0.15) is 72.3 Å². The van der Waals surface area contributed by atoms with Crippen molar-refractivity contribution in [1.29, 1.82) is 0 Å². The van der Waals surface area contributed by atoms with Crippen LogP contribution in [-0.2, 0) is 6.54 Å². The predicted molar refractivity (Wildman–Crippen MR) is 133 cm³/mol. The van der Waals surface area contributed by atoms with Gasteiger partial charge in [-0.25, -0.2) is 0 Å². The number of para-hydroxylation sites is 1. The van der Waals surface area contributed by atoms with Crippen LogP contribution in [-0.4, -0.2) is 37.7 Å². The fraction of sp³-hybridized carbons (Fsp3) is 0.615. The summed E-state index contributed by atoms with van der Waals surface area (Å²) in [5.74, 6) is 2.58. The van der Waals surface area contributed by atoms with Gasteiger partial charge in [-0.1, -0.05) is 50.5 Å². The molecular weight excluding hydrogens is 386 g/mol. The van der Waals surface area contributed by atoms with Gasteiger partial charge in [0.05, 0.1) is 19.0 Å². The zero-order valence-corrected chi connectivity index (χ0v) is 20.5. The number of benzene rings is 1. The summed E-state index contributed by atoms with van der Waals surface area (Å²) in [5.41, 5.74) is 8.80. The monoisotopic (exact) mass is 431 g/mol. The topological polar surface area (TPSA) is 59.8 Å². The number of hydrogen-bond acceptors (Lipinski definition) is 5. The minimum atomic E-state index is 0.623. The van der Waals surface area contributed by atoms with E-state index in [1.54, 1.807) is 0 Å². The van der Waals surface area contributed by atoms with Crippen molar-refractivity contribution in [3.63, 3.8) is 0 Å². The van der Waals surface area contributed by atoms with Gasteiger partial charge in [0.25, 0.3) is 0 Å². The van der Waals surface area contributed by atoms with Crippen LogP contribution in [0.5, 0.6) is 11.5 Å². The Balaban J connectivity index is 0.00000233. The number of nitrogens with one attached hydrogen (secondary N) is 1. The molecule has 1 heterocycles. The van der Waals surface area contributed by atoms with Crippen LogP contribution < -0.4 is 20.5 Å². The molecular formula is C26H45N3O2. The van der Waals surface area contributed by atoms with E-state index in [2.05, 4.69) is 35.4 Å². The molecule has 0 saturated carbocycles. The standard InChI is InChI=1S/C24H39N3O2.C2H6/c1-4-20(14-15-23(25)27-16-9-7-8-10-17-27)18-26-19-21-12-11-13-22(28-5-2)24(21)29-6-3;1-2/h4,11-13,15,26H,5-10,14,16-19,25H2,1-3H3;1-2H3/b20-4+,23-15+;. The van der Waals surface area contributed by atoms with Crippen molar-refractivity contribution in [3.05, 3.63) is 47.3 Å². The van der Waals surface area contributed by atoms with E-state index in [9.17, 15) is 0 Å². The lowest BCUT2D eigenvalue weighted by atomic mass is 10.1. The molecule has 5 heteroatoms. The summed E-state index contributed by atoms with van der Waals surface area (Å²) in [7, 11) is 0. The molecule has 5 nitrogen and oxygen atoms in total. The summed E-state index contributed by atoms with van der Waals surface area (Å²) in [5, 5.41) is 3.55. The van der Waals surface area contributed by atoms with Gasteiger partial charge in [0.15, 0.2) is 11.5 Å². The van der Waals surface area contributed by atoms with Gasteiger partial charge in [0.2, 0.25) is 0 Å². The first-order valence-electron chi connectivity index (χ1n) is 12.1.